The minimum atomic E-state index is -0.636. The van der Waals surface area contributed by atoms with Crippen molar-refractivity contribution in [3.8, 4) is 5.75 Å². The number of hydrogen-bond acceptors (Lipinski definition) is 5. The Bertz CT molecular complexity index is 1210. The third-order valence-corrected chi connectivity index (χ3v) is 8.28. The molecule has 2 heterocycles. The molecule has 1 saturated heterocycles. The Morgan fingerprint density at radius 1 is 1.25 bits per heavy atom. The van der Waals surface area contributed by atoms with Gasteiger partial charge in [-0.25, -0.2) is 0 Å². The number of thioether (sulfide) groups is 1. The molecule has 0 spiro atoms. The number of carbonyl (C=O) groups is 1. The Balaban J connectivity index is 1.51. The summed E-state index contributed by atoms with van der Waals surface area (Å²) in [6.07, 6.45) is 1.30. The zero-order valence-electron chi connectivity index (χ0n) is 22.2. The molecule has 2 aliphatic heterocycles. The Labute approximate surface area is 218 Å². The van der Waals surface area contributed by atoms with Crippen LogP contribution >= 0.6 is 11.8 Å². The van der Waals surface area contributed by atoms with Gasteiger partial charge in [0.25, 0.3) is 0 Å². The first-order valence-electron chi connectivity index (χ1n) is 12.6. The lowest BCUT2D eigenvalue weighted by atomic mass is 9.78. The van der Waals surface area contributed by atoms with E-state index in [1.54, 1.807) is 6.92 Å². The number of fused-ring (bicyclic) bond motifs is 2. The molecule has 0 aromatic heterocycles. The van der Waals surface area contributed by atoms with Crippen molar-refractivity contribution in [3.63, 3.8) is 0 Å². The summed E-state index contributed by atoms with van der Waals surface area (Å²) in [6, 6.07) is 12.6. The van der Waals surface area contributed by atoms with Crippen LogP contribution in [-0.4, -0.2) is 77.8 Å². The van der Waals surface area contributed by atoms with Gasteiger partial charge >= 0.3 is 0 Å². The zero-order valence-corrected chi connectivity index (χ0v) is 23.0. The molecule has 1 fully saturated rings. The predicted molar refractivity (Wildman–Crippen MR) is 148 cm³/mol. The molecule has 0 bridgehead atoms. The van der Waals surface area contributed by atoms with Gasteiger partial charge in [0.2, 0.25) is 5.91 Å². The molecule has 4 atom stereocenters. The number of carbonyl (C=O) groups excluding carboxylic acids is 1. The maximum Gasteiger partial charge on any atom is 0.234 e. The number of β-lactam (4-membered cyclic amide) rings is 1. The number of quaternary nitrogens is 1. The topological polar surface area (TPSA) is 88.2 Å². The third-order valence-electron chi connectivity index (χ3n) is 7.73. The van der Waals surface area contributed by atoms with Crippen molar-refractivity contribution in [1.29, 1.82) is 0 Å². The fourth-order valence-corrected chi connectivity index (χ4v) is 5.89. The number of benzene rings is 2. The van der Waals surface area contributed by atoms with Crippen LogP contribution in [0.2, 0.25) is 0 Å². The lowest BCUT2D eigenvalue weighted by molar-refractivity contribution is -0.902. The van der Waals surface area contributed by atoms with E-state index in [0.29, 0.717) is 18.3 Å². The molecule has 2 aromatic rings. The minimum absolute atomic E-state index is 0.0201. The monoisotopic (exact) mass is 511 g/mol. The number of allylic oxidation sites excluding steroid dienone is 1. The summed E-state index contributed by atoms with van der Waals surface area (Å²) in [5.74, 6) is 0.703. The molecular weight excluding hydrogens is 472 g/mol. The van der Waals surface area contributed by atoms with Gasteiger partial charge < -0.3 is 25.0 Å². The van der Waals surface area contributed by atoms with Crippen LogP contribution in [0.4, 0.5) is 0 Å². The Morgan fingerprint density at radius 2 is 1.94 bits per heavy atom. The molecule has 0 aliphatic carbocycles. The fourth-order valence-electron chi connectivity index (χ4n) is 5.67. The molecule has 36 heavy (non-hydrogen) atoms. The van der Waals surface area contributed by atoms with Crippen LogP contribution in [0.15, 0.2) is 52.7 Å². The van der Waals surface area contributed by atoms with Crippen molar-refractivity contribution in [1.82, 2.24) is 4.90 Å². The van der Waals surface area contributed by atoms with Crippen molar-refractivity contribution in [3.05, 3.63) is 53.2 Å². The number of hydrogen-bond donors (Lipinski definition) is 2. The van der Waals surface area contributed by atoms with E-state index in [-0.39, 0.29) is 23.8 Å². The molecule has 0 saturated carbocycles. The van der Waals surface area contributed by atoms with E-state index in [0.717, 1.165) is 40.0 Å². The van der Waals surface area contributed by atoms with Crippen LogP contribution in [0.1, 0.15) is 26.3 Å². The summed E-state index contributed by atoms with van der Waals surface area (Å²) in [5.41, 5.74) is 9.21. The second-order valence-electron chi connectivity index (χ2n) is 10.7. The van der Waals surface area contributed by atoms with E-state index in [2.05, 4.69) is 50.3 Å². The average molecular weight is 512 g/mol. The number of amidine groups is 1. The summed E-state index contributed by atoms with van der Waals surface area (Å²) in [4.78, 5) is 18.9. The number of ether oxygens (including phenoxy) is 1. The van der Waals surface area contributed by atoms with Gasteiger partial charge in [-0.3, -0.25) is 9.79 Å². The van der Waals surface area contributed by atoms with Crippen LogP contribution in [0.3, 0.4) is 0 Å². The van der Waals surface area contributed by atoms with Gasteiger partial charge in [-0.2, -0.15) is 0 Å². The van der Waals surface area contributed by atoms with Crippen LogP contribution in [-0.2, 0) is 11.3 Å². The Morgan fingerprint density at radius 3 is 2.64 bits per heavy atom. The maximum absolute atomic E-state index is 12.6. The number of amides is 1. The van der Waals surface area contributed by atoms with Crippen molar-refractivity contribution in [2.24, 2.45) is 22.6 Å². The highest BCUT2D eigenvalue weighted by Gasteiger charge is 2.57. The second kappa shape index (κ2) is 10.4. The minimum Gasteiger partial charge on any atom is -0.489 e. The predicted octanol–water partition coefficient (Wildman–Crippen LogP) is 3.60. The quantitative estimate of drug-likeness (QED) is 0.232. The van der Waals surface area contributed by atoms with Crippen molar-refractivity contribution in [2.75, 3.05) is 40.0 Å². The molecule has 8 heteroatoms. The van der Waals surface area contributed by atoms with Crippen LogP contribution < -0.4 is 10.5 Å². The molecule has 4 rings (SSSR count). The number of rotatable bonds is 9. The Hall–Kier alpha value is -2.55. The first kappa shape index (κ1) is 26.5. The summed E-state index contributed by atoms with van der Waals surface area (Å²) in [7, 11) is 4.43. The van der Waals surface area contributed by atoms with Gasteiger partial charge in [0.1, 0.15) is 18.9 Å². The fraction of sp³-hybridized carbons (Fsp3) is 0.500. The number of nitrogens with zero attached hydrogens (tertiary/aromatic N) is 3. The molecule has 3 N–H and O–H groups in total. The van der Waals surface area contributed by atoms with Crippen LogP contribution in [0.5, 0.6) is 5.75 Å². The zero-order chi connectivity index (χ0) is 26.2. The highest BCUT2D eigenvalue weighted by Crippen LogP contribution is 2.47. The molecule has 0 radical (unpaired) electrons. The molecule has 1 amide bonds. The highest BCUT2D eigenvalue weighted by molar-refractivity contribution is 8.13. The summed E-state index contributed by atoms with van der Waals surface area (Å²) >= 11 is 1.47. The van der Waals surface area contributed by atoms with E-state index < -0.39 is 6.10 Å². The lowest BCUT2D eigenvalue weighted by Gasteiger charge is -2.46. The molecule has 2 aliphatic rings. The number of aliphatic hydroxyl groups is 1. The first-order valence-corrected chi connectivity index (χ1v) is 13.8. The number of aliphatic hydroxyl groups excluding tert-OH is 1. The van der Waals surface area contributed by atoms with Crippen LogP contribution in [0, 0.1) is 11.8 Å². The summed E-state index contributed by atoms with van der Waals surface area (Å²) < 4.78 is 7.19. The van der Waals surface area contributed by atoms with E-state index in [9.17, 15) is 9.90 Å². The van der Waals surface area contributed by atoms with Crippen molar-refractivity contribution < 1.29 is 19.1 Å². The Kier molecular flexibility index (Phi) is 7.69. The van der Waals surface area contributed by atoms with Gasteiger partial charge in [-0.15, -0.1) is 0 Å². The lowest BCUT2D eigenvalue weighted by Crippen LogP contribution is -2.62. The smallest absolute Gasteiger partial charge is 0.234 e. The van der Waals surface area contributed by atoms with Crippen LogP contribution in [0.25, 0.3) is 10.8 Å². The van der Waals surface area contributed by atoms with Gasteiger partial charge in [-0.05, 0) is 37.1 Å². The molecule has 0 unspecified atom stereocenters. The normalized spacial score (nSPS) is 23.2. The number of aliphatic imine (C=N–C) groups is 1. The standard InChI is InChI=1S/C28H39N4O3S/c1-17-23(18(2)31-26(17)25(19(3)33)27(31)34)16-35-24-12-8-10-21-20(9-7-11-22(21)24)15-32(4,5)14-13-30-28(29)36-6/h7-12,17,19,25-26,33H,13-16H2,1-6H3,(H2,29,30)/q+1/t17-,19+,25+,26+/m0/s1. The van der Waals surface area contributed by atoms with Crippen molar-refractivity contribution >= 4 is 33.6 Å². The summed E-state index contributed by atoms with van der Waals surface area (Å²) in [5, 5.41) is 13.0. The SMILES string of the molecule is CSC(N)=NCC[N+](C)(C)Cc1cccc2c(OCC3=C(C)N4C(=O)[C@H]([C@@H](C)O)[C@H]4[C@H]3C)cccc12. The van der Waals surface area contributed by atoms with Gasteiger partial charge in [0.05, 0.1) is 45.2 Å². The number of nitrogens with two attached hydrogens (primary N) is 1. The van der Waals surface area contributed by atoms with Gasteiger partial charge in [0.15, 0.2) is 5.17 Å². The maximum atomic E-state index is 12.6. The third kappa shape index (κ3) is 4.99. The average Bonchev–Trinajstić information content (AvgIpc) is 3.02. The van der Waals surface area contributed by atoms with Gasteiger partial charge in [-0.1, -0.05) is 49.0 Å². The first-order chi connectivity index (χ1) is 17.1. The highest BCUT2D eigenvalue weighted by atomic mass is 32.2. The van der Waals surface area contributed by atoms with Gasteiger partial charge in [0, 0.05) is 22.6 Å². The number of likely N-dealkylation sites (N-methyl/N-ethyl adjacent to an activating group) is 1. The largest absolute Gasteiger partial charge is 0.489 e. The molecule has 7 nitrogen and oxygen atoms in total. The van der Waals surface area contributed by atoms with E-state index in [1.165, 1.54) is 22.7 Å². The molecular formula is C28H39N4O3S+. The second-order valence-corrected chi connectivity index (χ2v) is 11.5. The molecule has 2 aromatic carbocycles. The van der Waals surface area contributed by atoms with E-state index in [4.69, 9.17) is 10.5 Å². The molecule has 194 valence electrons. The van der Waals surface area contributed by atoms with E-state index in [1.807, 2.05) is 30.2 Å². The van der Waals surface area contributed by atoms with Crippen molar-refractivity contribution in [2.45, 2.75) is 39.5 Å². The van der Waals surface area contributed by atoms with E-state index >= 15 is 0 Å². The summed E-state index contributed by atoms with van der Waals surface area (Å²) in [6.45, 7) is 8.72.